The Balaban J connectivity index is 2.53. The molecule has 4 heteroatoms. The molecule has 0 saturated heterocycles. The van der Waals surface area contributed by atoms with E-state index in [9.17, 15) is 4.39 Å². The lowest BCUT2D eigenvalue weighted by Gasteiger charge is -2.02. The van der Waals surface area contributed by atoms with Crippen molar-refractivity contribution >= 4 is 0 Å². The lowest BCUT2D eigenvalue weighted by Crippen LogP contribution is -2.08. The minimum absolute atomic E-state index is 0.243. The summed E-state index contributed by atoms with van der Waals surface area (Å²) in [6, 6.07) is 6.69. The van der Waals surface area contributed by atoms with Gasteiger partial charge in [-0.2, -0.15) is 0 Å². The molecule has 2 aromatic rings. The van der Waals surface area contributed by atoms with Gasteiger partial charge in [0.1, 0.15) is 11.6 Å². The van der Waals surface area contributed by atoms with E-state index in [4.69, 9.17) is 5.73 Å². The Morgan fingerprint density at radius 1 is 1.35 bits per heavy atom. The average Bonchev–Trinajstić information content (AvgIpc) is 2.59. The molecule has 0 fully saturated rings. The number of nitrogens with zero attached hydrogens (tertiary/aromatic N) is 2. The Kier molecular flexibility index (Phi) is 3.24. The van der Waals surface area contributed by atoms with E-state index < -0.39 is 0 Å². The highest BCUT2D eigenvalue weighted by Crippen LogP contribution is 2.25. The first-order valence-corrected chi connectivity index (χ1v) is 5.62. The second-order valence-corrected chi connectivity index (χ2v) is 4.04. The molecule has 0 aliphatic heterocycles. The molecule has 90 valence electrons. The third-order valence-corrected chi connectivity index (χ3v) is 2.97. The van der Waals surface area contributed by atoms with Gasteiger partial charge < -0.3 is 10.3 Å². The molecule has 0 radical (unpaired) electrons. The van der Waals surface area contributed by atoms with Gasteiger partial charge in [-0.3, -0.25) is 0 Å². The second-order valence-electron chi connectivity index (χ2n) is 4.04. The van der Waals surface area contributed by atoms with Crippen molar-refractivity contribution in [1.29, 1.82) is 0 Å². The molecule has 1 heterocycles. The van der Waals surface area contributed by atoms with E-state index in [-0.39, 0.29) is 5.82 Å². The predicted octanol–water partition coefficient (Wildman–Crippen LogP) is 2.04. The topological polar surface area (TPSA) is 43.8 Å². The highest BCUT2D eigenvalue weighted by atomic mass is 19.1. The van der Waals surface area contributed by atoms with Crippen LogP contribution in [0.15, 0.2) is 24.3 Å². The van der Waals surface area contributed by atoms with Crippen molar-refractivity contribution in [2.45, 2.75) is 13.3 Å². The fourth-order valence-corrected chi connectivity index (χ4v) is 1.90. The third kappa shape index (κ3) is 2.08. The van der Waals surface area contributed by atoms with Gasteiger partial charge in [-0.05, 0) is 25.6 Å². The summed E-state index contributed by atoms with van der Waals surface area (Å²) in [4.78, 5) is 4.47. The summed E-state index contributed by atoms with van der Waals surface area (Å²) in [5, 5.41) is 0. The molecule has 0 unspecified atom stereocenters. The standard InChI is InChI=1S/C13H16FN3/c1-9-13(10-5-3-4-6-11(10)14)16-12(7-8-15)17(9)2/h3-6H,7-8,15H2,1-2H3. The second kappa shape index (κ2) is 4.67. The van der Waals surface area contributed by atoms with Crippen LogP contribution in [0, 0.1) is 12.7 Å². The first-order chi connectivity index (χ1) is 8.15. The first-order valence-electron chi connectivity index (χ1n) is 5.62. The van der Waals surface area contributed by atoms with Crippen molar-refractivity contribution in [3.8, 4) is 11.3 Å². The minimum atomic E-state index is -0.243. The molecule has 0 aliphatic rings. The number of imidazole rings is 1. The molecule has 0 spiro atoms. The van der Waals surface area contributed by atoms with Crippen LogP contribution < -0.4 is 5.73 Å². The Labute approximate surface area is 100 Å². The molecular formula is C13H16FN3. The molecular weight excluding hydrogens is 217 g/mol. The number of benzene rings is 1. The van der Waals surface area contributed by atoms with E-state index >= 15 is 0 Å². The number of hydrogen-bond acceptors (Lipinski definition) is 2. The molecule has 0 amide bonds. The van der Waals surface area contributed by atoms with E-state index in [1.54, 1.807) is 12.1 Å². The summed E-state index contributed by atoms with van der Waals surface area (Å²) in [6.45, 7) is 2.48. The molecule has 3 nitrogen and oxygen atoms in total. The van der Waals surface area contributed by atoms with Crippen LogP contribution >= 0.6 is 0 Å². The molecule has 1 aromatic heterocycles. The summed E-state index contributed by atoms with van der Waals surface area (Å²) in [5.41, 5.74) is 7.74. The summed E-state index contributed by atoms with van der Waals surface area (Å²) in [6.07, 6.45) is 0.700. The summed E-state index contributed by atoms with van der Waals surface area (Å²) in [7, 11) is 1.93. The number of halogens is 1. The summed E-state index contributed by atoms with van der Waals surface area (Å²) >= 11 is 0. The quantitative estimate of drug-likeness (QED) is 0.881. The molecule has 2 N–H and O–H groups in total. The van der Waals surface area contributed by atoms with Gasteiger partial charge in [0.25, 0.3) is 0 Å². The Hall–Kier alpha value is -1.68. The van der Waals surface area contributed by atoms with E-state index in [1.807, 2.05) is 24.6 Å². The number of rotatable bonds is 3. The monoisotopic (exact) mass is 233 g/mol. The number of nitrogens with two attached hydrogens (primary N) is 1. The smallest absolute Gasteiger partial charge is 0.132 e. The maximum absolute atomic E-state index is 13.7. The molecule has 0 bridgehead atoms. The van der Waals surface area contributed by atoms with E-state index in [2.05, 4.69) is 4.98 Å². The lowest BCUT2D eigenvalue weighted by atomic mass is 10.1. The van der Waals surface area contributed by atoms with E-state index in [0.717, 1.165) is 11.5 Å². The Bertz CT molecular complexity index is 531. The highest BCUT2D eigenvalue weighted by Gasteiger charge is 2.14. The lowest BCUT2D eigenvalue weighted by molar-refractivity contribution is 0.630. The third-order valence-electron chi connectivity index (χ3n) is 2.97. The molecule has 1 aromatic carbocycles. The Morgan fingerprint density at radius 2 is 2.06 bits per heavy atom. The van der Waals surface area contributed by atoms with Crippen LogP contribution in [0.1, 0.15) is 11.5 Å². The van der Waals surface area contributed by atoms with Crippen molar-refractivity contribution in [1.82, 2.24) is 9.55 Å². The predicted molar refractivity (Wildman–Crippen MR) is 66.1 cm³/mol. The van der Waals surface area contributed by atoms with Gasteiger partial charge >= 0.3 is 0 Å². The molecule has 0 saturated carbocycles. The van der Waals surface area contributed by atoms with Crippen LogP contribution in [0.5, 0.6) is 0 Å². The van der Waals surface area contributed by atoms with Gasteiger partial charge in [0.2, 0.25) is 0 Å². The zero-order chi connectivity index (χ0) is 12.4. The highest BCUT2D eigenvalue weighted by molar-refractivity contribution is 5.62. The molecule has 0 aliphatic carbocycles. The fourth-order valence-electron chi connectivity index (χ4n) is 1.90. The summed E-state index contributed by atoms with van der Waals surface area (Å²) < 4.78 is 15.7. The number of aromatic nitrogens is 2. The molecule has 17 heavy (non-hydrogen) atoms. The van der Waals surface area contributed by atoms with Gasteiger partial charge in [-0.15, -0.1) is 0 Å². The van der Waals surface area contributed by atoms with Crippen LogP contribution in [0.2, 0.25) is 0 Å². The zero-order valence-electron chi connectivity index (χ0n) is 10.1. The zero-order valence-corrected chi connectivity index (χ0v) is 10.1. The van der Waals surface area contributed by atoms with Gasteiger partial charge in [0.05, 0.1) is 5.69 Å². The van der Waals surface area contributed by atoms with Crippen LogP contribution in [0.4, 0.5) is 4.39 Å². The number of hydrogen-bond donors (Lipinski definition) is 1. The molecule has 2 rings (SSSR count). The maximum Gasteiger partial charge on any atom is 0.132 e. The van der Waals surface area contributed by atoms with E-state index in [0.29, 0.717) is 24.2 Å². The van der Waals surface area contributed by atoms with Crippen molar-refractivity contribution in [2.24, 2.45) is 12.8 Å². The average molecular weight is 233 g/mol. The van der Waals surface area contributed by atoms with Crippen LogP contribution in [-0.2, 0) is 13.5 Å². The molecule has 0 atom stereocenters. The van der Waals surface area contributed by atoms with Crippen molar-refractivity contribution in [3.05, 3.63) is 41.6 Å². The fraction of sp³-hybridized carbons (Fsp3) is 0.308. The van der Waals surface area contributed by atoms with E-state index in [1.165, 1.54) is 6.07 Å². The first kappa shape index (κ1) is 11.8. The normalized spacial score (nSPS) is 10.8. The van der Waals surface area contributed by atoms with Crippen LogP contribution in [0.25, 0.3) is 11.3 Å². The largest absolute Gasteiger partial charge is 0.335 e. The van der Waals surface area contributed by atoms with Crippen LogP contribution in [-0.4, -0.2) is 16.1 Å². The van der Waals surface area contributed by atoms with Gasteiger partial charge in [0.15, 0.2) is 0 Å². The van der Waals surface area contributed by atoms with Crippen molar-refractivity contribution in [3.63, 3.8) is 0 Å². The minimum Gasteiger partial charge on any atom is -0.335 e. The van der Waals surface area contributed by atoms with Crippen LogP contribution in [0.3, 0.4) is 0 Å². The SMILES string of the molecule is Cc1c(-c2ccccc2F)nc(CCN)n1C. The van der Waals surface area contributed by atoms with Crippen molar-refractivity contribution in [2.75, 3.05) is 6.54 Å². The van der Waals surface area contributed by atoms with Gasteiger partial charge in [-0.1, -0.05) is 12.1 Å². The van der Waals surface area contributed by atoms with Gasteiger partial charge in [-0.25, -0.2) is 9.37 Å². The maximum atomic E-state index is 13.7. The Morgan fingerprint density at radius 3 is 2.71 bits per heavy atom. The van der Waals surface area contributed by atoms with Crippen molar-refractivity contribution < 1.29 is 4.39 Å². The van der Waals surface area contributed by atoms with Gasteiger partial charge in [0, 0.05) is 24.7 Å². The summed E-state index contributed by atoms with van der Waals surface area (Å²) in [5.74, 6) is 0.649.